The summed E-state index contributed by atoms with van der Waals surface area (Å²) in [7, 11) is -2.29. The number of methoxy groups -OCH3 is 1. The highest BCUT2D eigenvalue weighted by atomic mass is 32.2. The number of carbonyl (C=O) groups excluding carboxylic acids is 1. The van der Waals surface area contributed by atoms with Crippen molar-refractivity contribution < 1.29 is 17.9 Å². The number of hydrogen-bond donors (Lipinski definition) is 0. The maximum atomic E-state index is 12.6. The Labute approximate surface area is 125 Å². The van der Waals surface area contributed by atoms with Gasteiger partial charge in [0.15, 0.2) is 0 Å². The number of ether oxygens (including phenoxy) is 1. The molecular weight excluding hydrogens is 292 g/mol. The minimum Gasteiger partial charge on any atom is -0.465 e. The fourth-order valence-corrected chi connectivity index (χ4v) is 3.81. The zero-order chi connectivity index (χ0) is 15.5. The lowest BCUT2D eigenvalue weighted by atomic mass is 10.2. The molecule has 0 radical (unpaired) electrons. The van der Waals surface area contributed by atoms with Gasteiger partial charge in [-0.25, -0.2) is 13.2 Å². The Morgan fingerprint density at radius 1 is 1.24 bits per heavy atom. The van der Waals surface area contributed by atoms with E-state index in [2.05, 4.69) is 16.6 Å². The molecule has 7 heteroatoms. The second kappa shape index (κ2) is 6.55. The van der Waals surface area contributed by atoms with Crippen LogP contribution >= 0.6 is 0 Å². The van der Waals surface area contributed by atoms with E-state index in [1.165, 1.54) is 23.5 Å². The lowest BCUT2D eigenvalue weighted by molar-refractivity contribution is 0.0600. The van der Waals surface area contributed by atoms with Gasteiger partial charge in [0.2, 0.25) is 10.0 Å². The summed E-state index contributed by atoms with van der Waals surface area (Å²) >= 11 is 0. The molecule has 0 spiro atoms. The summed E-state index contributed by atoms with van der Waals surface area (Å²) in [6, 6.07) is 5.97. The van der Waals surface area contributed by atoms with E-state index in [-0.39, 0.29) is 10.5 Å². The van der Waals surface area contributed by atoms with Crippen LogP contribution in [0.25, 0.3) is 0 Å². The molecule has 0 bridgehead atoms. The Kier molecular flexibility index (Phi) is 4.97. The van der Waals surface area contributed by atoms with Crippen molar-refractivity contribution in [2.24, 2.45) is 0 Å². The fourth-order valence-electron chi connectivity index (χ4n) is 2.34. The number of carbonyl (C=O) groups is 1. The van der Waals surface area contributed by atoms with Crippen molar-refractivity contribution in [1.29, 1.82) is 0 Å². The van der Waals surface area contributed by atoms with E-state index >= 15 is 0 Å². The third-order valence-corrected chi connectivity index (χ3v) is 5.57. The van der Waals surface area contributed by atoms with Crippen molar-refractivity contribution in [2.75, 3.05) is 39.8 Å². The summed E-state index contributed by atoms with van der Waals surface area (Å²) in [6.07, 6.45) is 0. The third kappa shape index (κ3) is 3.42. The van der Waals surface area contributed by atoms with Crippen LogP contribution in [0, 0.1) is 0 Å². The highest BCUT2D eigenvalue weighted by Gasteiger charge is 2.28. The van der Waals surface area contributed by atoms with Crippen molar-refractivity contribution in [1.82, 2.24) is 9.21 Å². The maximum Gasteiger partial charge on any atom is 0.337 e. The predicted molar refractivity (Wildman–Crippen MR) is 78.7 cm³/mol. The first kappa shape index (κ1) is 15.9. The van der Waals surface area contributed by atoms with E-state index in [1.54, 1.807) is 12.1 Å². The monoisotopic (exact) mass is 312 g/mol. The molecule has 2 rings (SSSR count). The van der Waals surface area contributed by atoms with E-state index in [9.17, 15) is 13.2 Å². The van der Waals surface area contributed by atoms with Gasteiger partial charge >= 0.3 is 5.97 Å². The van der Waals surface area contributed by atoms with Crippen LogP contribution in [-0.2, 0) is 14.8 Å². The van der Waals surface area contributed by atoms with Crippen LogP contribution in [0.4, 0.5) is 0 Å². The molecule has 1 fully saturated rings. The molecule has 1 aromatic carbocycles. The van der Waals surface area contributed by atoms with Crippen LogP contribution in [0.3, 0.4) is 0 Å². The molecule has 1 heterocycles. The molecule has 1 aliphatic rings. The first-order valence-electron chi connectivity index (χ1n) is 6.90. The predicted octanol–water partition coefficient (Wildman–Crippen LogP) is 0.799. The summed E-state index contributed by atoms with van der Waals surface area (Å²) in [4.78, 5) is 13.9. The molecule has 0 atom stereocenters. The van der Waals surface area contributed by atoms with Gasteiger partial charge in [-0.1, -0.05) is 13.0 Å². The molecule has 0 unspecified atom stereocenters. The largest absolute Gasteiger partial charge is 0.465 e. The van der Waals surface area contributed by atoms with E-state index < -0.39 is 16.0 Å². The van der Waals surface area contributed by atoms with Crippen LogP contribution < -0.4 is 0 Å². The van der Waals surface area contributed by atoms with Crippen LogP contribution in [0.5, 0.6) is 0 Å². The van der Waals surface area contributed by atoms with Crippen molar-refractivity contribution in [3.8, 4) is 0 Å². The number of esters is 1. The van der Waals surface area contributed by atoms with E-state index in [4.69, 9.17) is 0 Å². The lowest BCUT2D eigenvalue weighted by Crippen LogP contribution is -2.48. The fraction of sp³-hybridized carbons (Fsp3) is 0.500. The van der Waals surface area contributed by atoms with Gasteiger partial charge in [-0.15, -0.1) is 0 Å². The number of sulfonamides is 1. The van der Waals surface area contributed by atoms with E-state index in [0.717, 1.165) is 19.6 Å². The highest BCUT2D eigenvalue weighted by molar-refractivity contribution is 7.89. The molecule has 21 heavy (non-hydrogen) atoms. The Balaban J connectivity index is 2.22. The quantitative estimate of drug-likeness (QED) is 0.769. The van der Waals surface area contributed by atoms with Gasteiger partial charge < -0.3 is 9.64 Å². The molecule has 0 aromatic heterocycles. The van der Waals surface area contributed by atoms with E-state index in [0.29, 0.717) is 13.1 Å². The minimum atomic E-state index is -3.56. The number of rotatable bonds is 4. The topological polar surface area (TPSA) is 66.9 Å². The summed E-state index contributed by atoms with van der Waals surface area (Å²) in [5.74, 6) is -0.539. The molecule has 0 amide bonds. The highest BCUT2D eigenvalue weighted by Crippen LogP contribution is 2.19. The van der Waals surface area contributed by atoms with Crippen molar-refractivity contribution >= 4 is 16.0 Å². The summed E-state index contributed by atoms with van der Waals surface area (Å²) < 4.78 is 31.3. The smallest absolute Gasteiger partial charge is 0.337 e. The van der Waals surface area contributed by atoms with Crippen molar-refractivity contribution in [3.63, 3.8) is 0 Å². The molecule has 0 aliphatic carbocycles. The zero-order valence-electron chi connectivity index (χ0n) is 12.3. The first-order chi connectivity index (χ1) is 9.98. The van der Waals surface area contributed by atoms with Gasteiger partial charge in [-0.2, -0.15) is 4.31 Å². The van der Waals surface area contributed by atoms with Crippen LogP contribution in [0.1, 0.15) is 17.3 Å². The van der Waals surface area contributed by atoms with Gasteiger partial charge in [-0.3, -0.25) is 0 Å². The second-order valence-corrected chi connectivity index (χ2v) is 6.80. The average molecular weight is 312 g/mol. The molecule has 1 aliphatic heterocycles. The van der Waals surface area contributed by atoms with Crippen LogP contribution in [-0.4, -0.2) is 63.4 Å². The first-order valence-corrected chi connectivity index (χ1v) is 8.34. The molecule has 6 nitrogen and oxygen atoms in total. The molecule has 0 N–H and O–H groups in total. The van der Waals surface area contributed by atoms with E-state index in [1.807, 2.05) is 0 Å². The van der Waals surface area contributed by atoms with Crippen molar-refractivity contribution in [2.45, 2.75) is 11.8 Å². The maximum absolute atomic E-state index is 12.6. The molecule has 0 saturated carbocycles. The second-order valence-electron chi connectivity index (χ2n) is 4.86. The normalized spacial score (nSPS) is 17.6. The Morgan fingerprint density at radius 3 is 2.48 bits per heavy atom. The zero-order valence-corrected chi connectivity index (χ0v) is 13.1. The SMILES string of the molecule is CCN1CCN(S(=O)(=O)c2cccc(C(=O)OC)c2)CC1. The number of likely N-dealkylation sites (N-methyl/N-ethyl adjacent to an activating group) is 1. The van der Waals surface area contributed by atoms with Gasteiger partial charge in [0.25, 0.3) is 0 Å². The number of benzene rings is 1. The van der Waals surface area contributed by atoms with Gasteiger partial charge in [-0.05, 0) is 24.7 Å². The Hall–Kier alpha value is -1.44. The van der Waals surface area contributed by atoms with Crippen molar-refractivity contribution in [3.05, 3.63) is 29.8 Å². The Bertz CT molecular complexity index is 607. The van der Waals surface area contributed by atoms with Crippen LogP contribution in [0.15, 0.2) is 29.2 Å². The van der Waals surface area contributed by atoms with Crippen LogP contribution in [0.2, 0.25) is 0 Å². The minimum absolute atomic E-state index is 0.135. The molecule has 116 valence electrons. The molecule has 1 saturated heterocycles. The lowest BCUT2D eigenvalue weighted by Gasteiger charge is -2.33. The third-order valence-electron chi connectivity index (χ3n) is 3.67. The number of piperazine rings is 1. The molecule has 1 aromatic rings. The summed E-state index contributed by atoms with van der Waals surface area (Å²) in [5, 5.41) is 0. The average Bonchev–Trinajstić information content (AvgIpc) is 2.54. The Morgan fingerprint density at radius 2 is 1.90 bits per heavy atom. The molecular formula is C14H20N2O4S. The van der Waals surface area contributed by atoms with Gasteiger partial charge in [0, 0.05) is 26.2 Å². The number of nitrogens with zero attached hydrogens (tertiary/aromatic N) is 2. The number of hydrogen-bond acceptors (Lipinski definition) is 5. The van der Waals surface area contributed by atoms with Gasteiger partial charge in [0.1, 0.15) is 0 Å². The summed E-state index contributed by atoms with van der Waals surface area (Å²) in [5.41, 5.74) is 0.241. The standard InChI is InChI=1S/C14H20N2O4S/c1-3-15-7-9-16(10-8-15)21(18,19)13-6-4-5-12(11-13)14(17)20-2/h4-6,11H,3,7-10H2,1-2H3. The summed E-state index contributed by atoms with van der Waals surface area (Å²) in [6.45, 7) is 5.38. The van der Waals surface area contributed by atoms with Gasteiger partial charge in [0.05, 0.1) is 17.6 Å².